The molecule has 0 aliphatic carbocycles. The van der Waals surface area contributed by atoms with Gasteiger partial charge in [0.15, 0.2) is 0 Å². The van der Waals surface area contributed by atoms with Crippen LogP contribution in [-0.4, -0.2) is 21.0 Å². The molecule has 1 aromatic heterocycles. The van der Waals surface area contributed by atoms with Gasteiger partial charge in [-0.3, -0.25) is 0 Å². The lowest BCUT2D eigenvalue weighted by Crippen LogP contribution is -1.97. The van der Waals surface area contributed by atoms with E-state index in [-0.39, 0.29) is 5.56 Å². The zero-order valence-corrected chi connectivity index (χ0v) is 11.3. The van der Waals surface area contributed by atoms with Crippen LogP contribution in [0.15, 0.2) is 48.5 Å². The highest BCUT2D eigenvalue weighted by Gasteiger charge is 2.08. The van der Waals surface area contributed by atoms with Crippen LogP contribution in [0.2, 0.25) is 0 Å². The Bertz CT molecular complexity index is 813. The third-order valence-electron chi connectivity index (χ3n) is 3.02. The first kappa shape index (κ1) is 13.1. The van der Waals surface area contributed by atoms with Crippen molar-refractivity contribution in [2.75, 3.05) is 0 Å². The van der Waals surface area contributed by atoms with E-state index in [2.05, 4.69) is 9.97 Å². The first-order valence-electron chi connectivity index (χ1n) is 6.38. The Morgan fingerprint density at radius 3 is 2.24 bits per heavy atom. The molecule has 5 nitrogen and oxygen atoms in total. The monoisotopic (exact) mass is 280 g/mol. The quantitative estimate of drug-likeness (QED) is 0.795. The minimum Gasteiger partial charge on any atom is -0.478 e. The Morgan fingerprint density at radius 2 is 1.62 bits per heavy atom. The van der Waals surface area contributed by atoms with E-state index in [0.717, 1.165) is 11.0 Å². The number of carboxylic acid groups (broad SMARTS) is 1. The molecule has 3 rings (SSSR count). The fourth-order valence-corrected chi connectivity index (χ4v) is 1.95. The summed E-state index contributed by atoms with van der Waals surface area (Å²) in [5.41, 5.74) is 2.45. The Hall–Kier alpha value is -2.95. The molecule has 0 radical (unpaired) electrons. The van der Waals surface area contributed by atoms with Gasteiger partial charge in [0, 0.05) is 0 Å². The van der Waals surface area contributed by atoms with Crippen molar-refractivity contribution in [3.8, 4) is 11.6 Å². The Balaban J connectivity index is 1.93. The Labute approximate surface area is 120 Å². The second kappa shape index (κ2) is 5.20. The molecule has 2 aromatic carbocycles. The lowest BCUT2D eigenvalue weighted by Gasteiger charge is -2.08. The molecule has 0 unspecified atom stereocenters. The molecule has 0 aliphatic heterocycles. The maximum atomic E-state index is 10.8. The van der Waals surface area contributed by atoms with Gasteiger partial charge in [-0.05, 0) is 43.3 Å². The minimum atomic E-state index is -0.969. The van der Waals surface area contributed by atoms with Crippen LogP contribution < -0.4 is 4.74 Å². The third-order valence-corrected chi connectivity index (χ3v) is 3.02. The third kappa shape index (κ3) is 2.67. The smallest absolute Gasteiger partial charge is 0.335 e. The summed E-state index contributed by atoms with van der Waals surface area (Å²) in [7, 11) is 0. The number of aromatic nitrogens is 2. The number of para-hydroxylation sites is 2. The molecule has 0 fully saturated rings. The SMILES string of the molecule is Cc1nc2ccccc2nc1Oc1ccc(C(=O)O)cc1. The number of aryl methyl sites for hydroxylation is 1. The average Bonchev–Trinajstić information content (AvgIpc) is 2.48. The molecule has 0 saturated heterocycles. The normalized spacial score (nSPS) is 10.5. The first-order valence-corrected chi connectivity index (χ1v) is 6.38. The molecule has 1 N–H and O–H groups in total. The van der Waals surface area contributed by atoms with Crippen LogP contribution in [0.4, 0.5) is 0 Å². The van der Waals surface area contributed by atoms with Crippen LogP contribution in [0.25, 0.3) is 11.0 Å². The van der Waals surface area contributed by atoms with Gasteiger partial charge in [-0.15, -0.1) is 0 Å². The molecule has 0 spiro atoms. The van der Waals surface area contributed by atoms with Gasteiger partial charge >= 0.3 is 5.97 Å². The van der Waals surface area contributed by atoms with Crippen LogP contribution >= 0.6 is 0 Å². The van der Waals surface area contributed by atoms with Crippen molar-refractivity contribution in [3.63, 3.8) is 0 Å². The molecule has 3 aromatic rings. The van der Waals surface area contributed by atoms with Crippen LogP contribution in [0.1, 0.15) is 16.1 Å². The van der Waals surface area contributed by atoms with Crippen molar-refractivity contribution in [1.82, 2.24) is 9.97 Å². The summed E-state index contributed by atoms with van der Waals surface area (Å²) in [6.07, 6.45) is 0. The molecular formula is C16H12N2O3. The molecule has 104 valence electrons. The maximum Gasteiger partial charge on any atom is 0.335 e. The average molecular weight is 280 g/mol. The summed E-state index contributed by atoms with van der Waals surface area (Å²) in [6.45, 7) is 1.82. The molecule has 0 bridgehead atoms. The second-order valence-corrected chi connectivity index (χ2v) is 4.53. The van der Waals surface area contributed by atoms with Gasteiger partial charge in [0.25, 0.3) is 0 Å². The van der Waals surface area contributed by atoms with E-state index in [4.69, 9.17) is 9.84 Å². The summed E-state index contributed by atoms with van der Waals surface area (Å²) < 4.78 is 5.69. The highest BCUT2D eigenvalue weighted by molar-refractivity contribution is 5.87. The van der Waals surface area contributed by atoms with Crippen molar-refractivity contribution in [2.24, 2.45) is 0 Å². The van der Waals surface area contributed by atoms with E-state index in [1.165, 1.54) is 12.1 Å². The van der Waals surface area contributed by atoms with Gasteiger partial charge in [-0.2, -0.15) is 0 Å². The van der Waals surface area contributed by atoms with Crippen molar-refractivity contribution in [2.45, 2.75) is 6.92 Å². The van der Waals surface area contributed by atoms with Crippen molar-refractivity contribution in [3.05, 3.63) is 59.8 Å². The van der Waals surface area contributed by atoms with E-state index >= 15 is 0 Å². The predicted molar refractivity (Wildman–Crippen MR) is 77.8 cm³/mol. The summed E-state index contributed by atoms with van der Waals surface area (Å²) in [5, 5.41) is 8.86. The molecule has 0 saturated carbocycles. The minimum absolute atomic E-state index is 0.212. The van der Waals surface area contributed by atoms with Gasteiger partial charge in [-0.25, -0.2) is 14.8 Å². The number of rotatable bonds is 3. The van der Waals surface area contributed by atoms with Gasteiger partial charge in [0.1, 0.15) is 11.4 Å². The molecule has 0 aliphatic rings. The number of hydrogen-bond donors (Lipinski definition) is 1. The number of hydrogen-bond acceptors (Lipinski definition) is 4. The number of carboxylic acids is 1. The number of ether oxygens (including phenoxy) is 1. The van der Waals surface area contributed by atoms with Gasteiger partial charge in [-0.1, -0.05) is 12.1 Å². The Kier molecular flexibility index (Phi) is 3.23. The summed E-state index contributed by atoms with van der Waals surface area (Å²) in [5.74, 6) is -0.0346. The largest absolute Gasteiger partial charge is 0.478 e. The predicted octanol–water partition coefficient (Wildman–Crippen LogP) is 3.43. The topological polar surface area (TPSA) is 72.3 Å². The molecular weight excluding hydrogens is 268 g/mol. The van der Waals surface area contributed by atoms with E-state index in [1.807, 2.05) is 31.2 Å². The number of aromatic carboxylic acids is 1. The van der Waals surface area contributed by atoms with Crippen LogP contribution in [0, 0.1) is 6.92 Å². The van der Waals surface area contributed by atoms with Gasteiger partial charge in [0.05, 0.1) is 16.6 Å². The fraction of sp³-hybridized carbons (Fsp3) is 0.0625. The van der Waals surface area contributed by atoms with E-state index < -0.39 is 5.97 Å². The lowest BCUT2D eigenvalue weighted by molar-refractivity contribution is 0.0697. The number of benzene rings is 2. The number of carbonyl (C=O) groups is 1. The molecule has 21 heavy (non-hydrogen) atoms. The zero-order valence-electron chi connectivity index (χ0n) is 11.3. The molecule has 0 atom stereocenters. The highest BCUT2D eigenvalue weighted by atomic mass is 16.5. The Morgan fingerprint density at radius 1 is 1.00 bits per heavy atom. The van der Waals surface area contributed by atoms with Crippen molar-refractivity contribution in [1.29, 1.82) is 0 Å². The molecule has 1 heterocycles. The van der Waals surface area contributed by atoms with Gasteiger partial charge < -0.3 is 9.84 Å². The van der Waals surface area contributed by atoms with E-state index in [1.54, 1.807) is 12.1 Å². The van der Waals surface area contributed by atoms with E-state index in [0.29, 0.717) is 17.3 Å². The van der Waals surface area contributed by atoms with Crippen molar-refractivity contribution >= 4 is 17.0 Å². The van der Waals surface area contributed by atoms with Crippen LogP contribution in [-0.2, 0) is 0 Å². The van der Waals surface area contributed by atoms with Crippen molar-refractivity contribution < 1.29 is 14.6 Å². The zero-order chi connectivity index (χ0) is 14.8. The maximum absolute atomic E-state index is 10.8. The highest BCUT2D eigenvalue weighted by Crippen LogP contribution is 2.24. The number of fused-ring (bicyclic) bond motifs is 1. The standard InChI is InChI=1S/C16H12N2O3/c1-10-15(18-14-5-3-2-4-13(14)17-10)21-12-8-6-11(7-9-12)16(19)20/h2-9H,1H3,(H,19,20). The number of nitrogens with zero attached hydrogens (tertiary/aromatic N) is 2. The summed E-state index contributed by atoms with van der Waals surface area (Å²) in [6, 6.07) is 13.7. The van der Waals surface area contributed by atoms with E-state index in [9.17, 15) is 4.79 Å². The summed E-state index contributed by atoms with van der Waals surface area (Å²) in [4.78, 5) is 19.7. The van der Waals surface area contributed by atoms with Crippen LogP contribution in [0.3, 0.4) is 0 Å². The van der Waals surface area contributed by atoms with Crippen LogP contribution in [0.5, 0.6) is 11.6 Å². The fourth-order valence-electron chi connectivity index (χ4n) is 1.95. The lowest BCUT2D eigenvalue weighted by atomic mass is 10.2. The first-order chi connectivity index (χ1) is 10.1. The second-order valence-electron chi connectivity index (χ2n) is 4.53. The summed E-state index contributed by atoms with van der Waals surface area (Å²) >= 11 is 0. The molecule has 5 heteroatoms. The van der Waals surface area contributed by atoms with Gasteiger partial charge in [0.2, 0.25) is 5.88 Å². The molecule has 0 amide bonds.